The minimum atomic E-state index is -0.229. The van der Waals surface area contributed by atoms with Gasteiger partial charge in [0.05, 0.1) is 12.7 Å². The van der Waals surface area contributed by atoms with Crippen molar-refractivity contribution in [2.75, 3.05) is 20.2 Å². The summed E-state index contributed by atoms with van der Waals surface area (Å²) in [6, 6.07) is 14.4. The molecule has 0 aromatic heterocycles. The van der Waals surface area contributed by atoms with Crippen LogP contribution in [0.25, 0.3) is 0 Å². The lowest BCUT2D eigenvalue weighted by Gasteiger charge is -2.10. The minimum absolute atomic E-state index is 0.0542. The normalized spacial score (nSPS) is 10.2. The Kier molecular flexibility index (Phi) is 7.29. The molecule has 0 aliphatic rings. The summed E-state index contributed by atoms with van der Waals surface area (Å²) >= 11 is 5.83. The van der Waals surface area contributed by atoms with Crippen LogP contribution in [-0.2, 0) is 11.2 Å². The van der Waals surface area contributed by atoms with Gasteiger partial charge in [0.2, 0.25) is 5.91 Å². The minimum Gasteiger partial charge on any atom is -0.496 e. The summed E-state index contributed by atoms with van der Waals surface area (Å²) in [6.45, 7) is 0.726. The number of halogens is 1. The van der Waals surface area contributed by atoms with E-state index < -0.39 is 0 Å². The van der Waals surface area contributed by atoms with Crippen molar-refractivity contribution in [2.24, 2.45) is 0 Å². The van der Waals surface area contributed by atoms with Gasteiger partial charge in [-0.05, 0) is 36.2 Å². The van der Waals surface area contributed by atoms with Crippen molar-refractivity contribution in [3.8, 4) is 5.75 Å². The SMILES string of the molecule is COc1ccccc1C(=O)NCCNC(=O)CCc1ccc(Cl)cc1. The average Bonchev–Trinajstić information content (AvgIpc) is 2.64. The third-order valence-electron chi connectivity index (χ3n) is 3.64. The van der Waals surface area contributed by atoms with E-state index >= 15 is 0 Å². The fourth-order valence-corrected chi connectivity index (χ4v) is 2.43. The van der Waals surface area contributed by atoms with Crippen LogP contribution >= 0.6 is 11.6 Å². The first kappa shape index (κ1) is 18.8. The summed E-state index contributed by atoms with van der Waals surface area (Å²) in [5.74, 6) is 0.237. The molecule has 0 atom stereocenters. The van der Waals surface area contributed by atoms with Gasteiger partial charge in [-0.3, -0.25) is 9.59 Å². The van der Waals surface area contributed by atoms with E-state index in [1.54, 1.807) is 24.3 Å². The molecule has 25 heavy (non-hydrogen) atoms. The van der Waals surface area contributed by atoms with Gasteiger partial charge in [0.15, 0.2) is 0 Å². The molecular formula is C19H21ClN2O3. The van der Waals surface area contributed by atoms with Crippen LogP contribution in [0, 0.1) is 0 Å². The second-order valence-corrected chi connectivity index (χ2v) is 5.87. The Morgan fingerprint density at radius 2 is 1.68 bits per heavy atom. The summed E-state index contributed by atoms with van der Waals surface area (Å²) < 4.78 is 5.15. The first-order valence-corrected chi connectivity index (χ1v) is 8.40. The number of methoxy groups -OCH3 is 1. The van der Waals surface area contributed by atoms with E-state index in [4.69, 9.17) is 16.3 Å². The van der Waals surface area contributed by atoms with E-state index in [1.807, 2.05) is 24.3 Å². The monoisotopic (exact) mass is 360 g/mol. The number of hydrogen-bond donors (Lipinski definition) is 2. The predicted octanol–water partition coefficient (Wildman–Crippen LogP) is 2.83. The fourth-order valence-electron chi connectivity index (χ4n) is 2.30. The molecule has 0 aliphatic heterocycles. The number of hydrogen-bond acceptors (Lipinski definition) is 3. The van der Waals surface area contributed by atoms with Crippen LogP contribution in [0.15, 0.2) is 48.5 Å². The number of benzene rings is 2. The third kappa shape index (κ3) is 6.12. The Morgan fingerprint density at radius 1 is 1.00 bits per heavy atom. The van der Waals surface area contributed by atoms with Gasteiger partial charge in [-0.1, -0.05) is 35.9 Å². The van der Waals surface area contributed by atoms with Crippen molar-refractivity contribution < 1.29 is 14.3 Å². The largest absolute Gasteiger partial charge is 0.496 e. The maximum absolute atomic E-state index is 12.1. The Labute approximate surface area is 152 Å². The van der Waals surface area contributed by atoms with Crippen molar-refractivity contribution >= 4 is 23.4 Å². The van der Waals surface area contributed by atoms with E-state index in [9.17, 15) is 9.59 Å². The first-order valence-electron chi connectivity index (χ1n) is 8.02. The van der Waals surface area contributed by atoms with Gasteiger partial charge >= 0.3 is 0 Å². The molecular weight excluding hydrogens is 340 g/mol. The molecule has 132 valence electrons. The van der Waals surface area contributed by atoms with Gasteiger partial charge in [-0.2, -0.15) is 0 Å². The zero-order chi connectivity index (χ0) is 18.1. The van der Waals surface area contributed by atoms with Crippen molar-refractivity contribution in [2.45, 2.75) is 12.8 Å². The van der Waals surface area contributed by atoms with Crippen molar-refractivity contribution in [3.05, 3.63) is 64.7 Å². The van der Waals surface area contributed by atoms with Crippen LogP contribution in [0.2, 0.25) is 5.02 Å². The molecule has 0 unspecified atom stereocenters. The van der Waals surface area contributed by atoms with Crippen molar-refractivity contribution in [3.63, 3.8) is 0 Å². The summed E-state index contributed by atoms with van der Waals surface area (Å²) in [5, 5.41) is 6.23. The number of carbonyl (C=O) groups is 2. The number of rotatable bonds is 8. The van der Waals surface area contributed by atoms with Gasteiger partial charge in [-0.15, -0.1) is 0 Å². The maximum Gasteiger partial charge on any atom is 0.255 e. The topological polar surface area (TPSA) is 67.4 Å². The molecule has 0 saturated carbocycles. The maximum atomic E-state index is 12.1. The van der Waals surface area contributed by atoms with Crippen LogP contribution in [0.5, 0.6) is 5.75 Å². The molecule has 2 aromatic carbocycles. The summed E-state index contributed by atoms with van der Waals surface area (Å²) in [7, 11) is 1.52. The van der Waals surface area contributed by atoms with E-state index in [2.05, 4.69) is 10.6 Å². The summed E-state index contributed by atoms with van der Waals surface area (Å²) in [5.41, 5.74) is 1.53. The van der Waals surface area contributed by atoms with Gasteiger partial charge in [0.1, 0.15) is 5.75 Å². The molecule has 0 radical (unpaired) electrons. The molecule has 6 heteroatoms. The van der Waals surface area contributed by atoms with Crippen LogP contribution < -0.4 is 15.4 Å². The summed E-state index contributed by atoms with van der Waals surface area (Å²) in [4.78, 5) is 23.9. The van der Waals surface area contributed by atoms with Gasteiger partial charge in [0, 0.05) is 24.5 Å². The molecule has 0 heterocycles. The first-order chi connectivity index (χ1) is 12.1. The average molecular weight is 361 g/mol. The molecule has 0 aliphatic carbocycles. The Balaban J connectivity index is 1.67. The smallest absolute Gasteiger partial charge is 0.255 e. The lowest BCUT2D eigenvalue weighted by atomic mass is 10.1. The molecule has 2 rings (SSSR count). The second kappa shape index (κ2) is 9.69. The van der Waals surface area contributed by atoms with E-state index in [1.165, 1.54) is 7.11 Å². The zero-order valence-electron chi connectivity index (χ0n) is 14.0. The predicted molar refractivity (Wildman–Crippen MR) is 98.1 cm³/mol. The molecule has 0 saturated heterocycles. The number of aryl methyl sites for hydroxylation is 1. The number of carbonyl (C=O) groups excluding carboxylic acids is 2. The molecule has 2 N–H and O–H groups in total. The van der Waals surface area contributed by atoms with Gasteiger partial charge in [-0.25, -0.2) is 0 Å². The molecule has 2 aromatic rings. The van der Waals surface area contributed by atoms with E-state index in [0.29, 0.717) is 42.3 Å². The number of nitrogens with one attached hydrogen (secondary N) is 2. The van der Waals surface area contributed by atoms with Crippen molar-refractivity contribution in [1.82, 2.24) is 10.6 Å². The molecule has 0 bridgehead atoms. The van der Waals surface area contributed by atoms with Crippen LogP contribution in [0.1, 0.15) is 22.3 Å². The Bertz CT molecular complexity index is 717. The molecule has 0 fully saturated rings. The van der Waals surface area contributed by atoms with Crippen LogP contribution in [0.4, 0.5) is 0 Å². The van der Waals surface area contributed by atoms with Crippen LogP contribution in [-0.4, -0.2) is 32.0 Å². The second-order valence-electron chi connectivity index (χ2n) is 5.43. The highest BCUT2D eigenvalue weighted by atomic mass is 35.5. The van der Waals surface area contributed by atoms with Crippen LogP contribution in [0.3, 0.4) is 0 Å². The highest BCUT2D eigenvalue weighted by Crippen LogP contribution is 2.16. The zero-order valence-corrected chi connectivity index (χ0v) is 14.8. The van der Waals surface area contributed by atoms with Crippen molar-refractivity contribution in [1.29, 1.82) is 0 Å². The Morgan fingerprint density at radius 3 is 2.40 bits per heavy atom. The highest BCUT2D eigenvalue weighted by molar-refractivity contribution is 6.30. The quantitative estimate of drug-likeness (QED) is 0.711. The molecule has 5 nitrogen and oxygen atoms in total. The Hall–Kier alpha value is -2.53. The lowest BCUT2D eigenvalue weighted by molar-refractivity contribution is -0.121. The summed E-state index contributed by atoms with van der Waals surface area (Å²) in [6.07, 6.45) is 1.04. The number of amides is 2. The fraction of sp³-hybridized carbons (Fsp3) is 0.263. The van der Waals surface area contributed by atoms with Gasteiger partial charge < -0.3 is 15.4 Å². The molecule has 0 spiro atoms. The lowest BCUT2D eigenvalue weighted by Crippen LogP contribution is -2.34. The number of para-hydroxylation sites is 1. The standard InChI is InChI=1S/C19H21ClN2O3/c1-25-17-5-3-2-4-16(17)19(24)22-13-12-21-18(23)11-8-14-6-9-15(20)10-7-14/h2-7,9-10H,8,11-13H2,1H3,(H,21,23)(H,22,24). The molecule has 2 amide bonds. The highest BCUT2D eigenvalue weighted by Gasteiger charge is 2.10. The number of ether oxygens (including phenoxy) is 1. The van der Waals surface area contributed by atoms with Gasteiger partial charge in [0.25, 0.3) is 5.91 Å². The van der Waals surface area contributed by atoms with E-state index in [-0.39, 0.29) is 11.8 Å². The van der Waals surface area contributed by atoms with E-state index in [0.717, 1.165) is 5.56 Å². The third-order valence-corrected chi connectivity index (χ3v) is 3.89.